The molecular formula is C12H28N2O2. The average Bonchev–Trinajstić information content (AvgIpc) is 2.37. The maximum absolute atomic E-state index is 5.06. The normalized spacial score (nSPS) is 18.0. The maximum Gasteiger partial charge on any atom is 0.0589 e. The van der Waals surface area contributed by atoms with Gasteiger partial charge in [0.1, 0.15) is 0 Å². The van der Waals surface area contributed by atoms with Crippen LogP contribution in [0.4, 0.5) is 0 Å². The van der Waals surface area contributed by atoms with Crippen LogP contribution in [0.5, 0.6) is 0 Å². The summed E-state index contributed by atoms with van der Waals surface area (Å²) in [7, 11) is 3.52. The van der Waals surface area contributed by atoms with Gasteiger partial charge in [0.2, 0.25) is 0 Å². The first-order valence-corrected chi connectivity index (χ1v) is 6.29. The van der Waals surface area contributed by atoms with E-state index in [1.54, 1.807) is 14.2 Å². The molecule has 1 fully saturated rings. The molecule has 0 aromatic heterocycles. The van der Waals surface area contributed by atoms with Gasteiger partial charge in [-0.15, -0.1) is 0 Å². The second-order valence-electron chi connectivity index (χ2n) is 3.67. The van der Waals surface area contributed by atoms with Crippen LogP contribution in [0.15, 0.2) is 0 Å². The largest absolute Gasteiger partial charge is 0.383 e. The molecule has 1 heterocycles. The van der Waals surface area contributed by atoms with Gasteiger partial charge in [0, 0.05) is 53.5 Å². The summed E-state index contributed by atoms with van der Waals surface area (Å²) in [5.74, 6) is 0. The van der Waals surface area contributed by atoms with Crippen molar-refractivity contribution in [2.75, 3.05) is 66.7 Å². The quantitative estimate of drug-likeness (QED) is 0.680. The van der Waals surface area contributed by atoms with Gasteiger partial charge in [-0.1, -0.05) is 13.8 Å². The van der Waals surface area contributed by atoms with Crippen molar-refractivity contribution < 1.29 is 9.47 Å². The summed E-state index contributed by atoms with van der Waals surface area (Å²) in [4.78, 5) is 4.90. The second-order valence-corrected chi connectivity index (χ2v) is 3.67. The molecule has 98 valence electrons. The van der Waals surface area contributed by atoms with E-state index in [0.29, 0.717) is 0 Å². The highest BCUT2D eigenvalue weighted by Crippen LogP contribution is 2.00. The Morgan fingerprint density at radius 3 is 1.31 bits per heavy atom. The molecule has 0 aliphatic carbocycles. The van der Waals surface area contributed by atoms with Crippen molar-refractivity contribution in [2.45, 2.75) is 13.8 Å². The standard InChI is InChI=1S/C10H22N2O2.C2H6/c1-13-9-7-11-3-5-12(6-4-11)8-10-14-2;1-2/h3-10H2,1-2H3;1-2H3. The van der Waals surface area contributed by atoms with E-state index in [9.17, 15) is 0 Å². The van der Waals surface area contributed by atoms with Gasteiger partial charge in [-0.25, -0.2) is 0 Å². The molecule has 0 spiro atoms. The van der Waals surface area contributed by atoms with Crippen molar-refractivity contribution in [1.82, 2.24) is 9.80 Å². The lowest BCUT2D eigenvalue weighted by atomic mass is 10.3. The fourth-order valence-corrected chi connectivity index (χ4v) is 1.68. The molecule has 1 aliphatic rings. The van der Waals surface area contributed by atoms with Crippen LogP contribution in [0, 0.1) is 0 Å². The summed E-state index contributed by atoms with van der Waals surface area (Å²) >= 11 is 0. The highest BCUT2D eigenvalue weighted by atomic mass is 16.5. The first kappa shape index (κ1) is 15.8. The summed E-state index contributed by atoms with van der Waals surface area (Å²) in [5, 5.41) is 0. The third-order valence-electron chi connectivity index (χ3n) is 2.69. The Balaban J connectivity index is 0.00000106. The van der Waals surface area contributed by atoms with E-state index in [4.69, 9.17) is 9.47 Å². The SMILES string of the molecule is CC.COCCN1CCN(CCOC)CC1. The number of nitrogens with zero attached hydrogens (tertiary/aromatic N) is 2. The van der Waals surface area contributed by atoms with E-state index in [0.717, 1.165) is 52.5 Å². The van der Waals surface area contributed by atoms with Gasteiger partial charge in [-0.05, 0) is 0 Å². The van der Waals surface area contributed by atoms with Crippen molar-refractivity contribution in [3.05, 3.63) is 0 Å². The molecule has 0 aromatic rings. The van der Waals surface area contributed by atoms with Crippen LogP contribution in [-0.2, 0) is 9.47 Å². The van der Waals surface area contributed by atoms with E-state index in [1.165, 1.54) is 0 Å². The zero-order valence-corrected chi connectivity index (χ0v) is 11.4. The van der Waals surface area contributed by atoms with Crippen LogP contribution in [0.2, 0.25) is 0 Å². The fourth-order valence-electron chi connectivity index (χ4n) is 1.68. The van der Waals surface area contributed by atoms with Crippen LogP contribution < -0.4 is 0 Å². The Bertz CT molecular complexity index is 121. The minimum Gasteiger partial charge on any atom is -0.383 e. The lowest BCUT2D eigenvalue weighted by Crippen LogP contribution is -2.48. The highest BCUT2D eigenvalue weighted by Gasteiger charge is 2.15. The lowest BCUT2D eigenvalue weighted by Gasteiger charge is -2.34. The van der Waals surface area contributed by atoms with Crippen molar-refractivity contribution in [1.29, 1.82) is 0 Å². The summed E-state index contributed by atoms with van der Waals surface area (Å²) in [6, 6.07) is 0. The molecule has 4 heteroatoms. The van der Waals surface area contributed by atoms with E-state index in [1.807, 2.05) is 13.8 Å². The maximum atomic E-state index is 5.06. The first-order chi connectivity index (χ1) is 7.86. The van der Waals surface area contributed by atoms with Gasteiger partial charge in [-0.3, -0.25) is 9.80 Å². The zero-order chi connectivity index (χ0) is 12.2. The molecule has 0 bridgehead atoms. The summed E-state index contributed by atoms with van der Waals surface area (Å²) in [6.07, 6.45) is 0. The Hall–Kier alpha value is -0.160. The van der Waals surface area contributed by atoms with Crippen LogP contribution in [-0.4, -0.2) is 76.5 Å². The third kappa shape index (κ3) is 7.17. The molecule has 16 heavy (non-hydrogen) atoms. The zero-order valence-electron chi connectivity index (χ0n) is 11.4. The van der Waals surface area contributed by atoms with Gasteiger partial charge in [0.15, 0.2) is 0 Å². The van der Waals surface area contributed by atoms with E-state index in [-0.39, 0.29) is 0 Å². The fraction of sp³-hybridized carbons (Fsp3) is 1.00. The molecule has 0 radical (unpaired) electrons. The molecule has 0 atom stereocenters. The van der Waals surface area contributed by atoms with Crippen molar-refractivity contribution in [2.24, 2.45) is 0 Å². The number of rotatable bonds is 6. The van der Waals surface area contributed by atoms with Gasteiger partial charge in [0.25, 0.3) is 0 Å². The molecule has 4 nitrogen and oxygen atoms in total. The first-order valence-electron chi connectivity index (χ1n) is 6.29. The number of ether oxygens (including phenoxy) is 2. The Kier molecular flexibility index (Phi) is 11.2. The molecule has 0 amide bonds. The Morgan fingerprint density at radius 1 is 0.750 bits per heavy atom. The van der Waals surface area contributed by atoms with Crippen LogP contribution in [0.3, 0.4) is 0 Å². The highest BCUT2D eigenvalue weighted by molar-refractivity contribution is 4.71. The molecule has 0 saturated carbocycles. The number of methoxy groups -OCH3 is 2. The predicted molar refractivity (Wildman–Crippen MR) is 68.0 cm³/mol. The van der Waals surface area contributed by atoms with Crippen molar-refractivity contribution in [3.63, 3.8) is 0 Å². The van der Waals surface area contributed by atoms with Gasteiger partial charge >= 0.3 is 0 Å². The number of hydrogen-bond acceptors (Lipinski definition) is 4. The van der Waals surface area contributed by atoms with Crippen molar-refractivity contribution >= 4 is 0 Å². The van der Waals surface area contributed by atoms with E-state index >= 15 is 0 Å². The molecule has 1 aliphatic heterocycles. The van der Waals surface area contributed by atoms with Crippen LogP contribution >= 0.6 is 0 Å². The van der Waals surface area contributed by atoms with Crippen LogP contribution in [0.25, 0.3) is 0 Å². The smallest absolute Gasteiger partial charge is 0.0589 e. The average molecular weight is 232 g/mol. The van der Waals surface area contributed by atoms with Gasteiger partial charge in [0.05, 0.1) is 13.2 Å². The number of hydrogen-bond donors (Lipinski definition) is 0. The Labute approximate surface area is 101 Å². The molecule has 1 rings (SSSR count). The van der Waals surface area contributed by atoms with Gasteiger partial charge in [-0.2, -0.15) is 0 Å². The Morgan fingerprint density at radius 2 is 1.06 bits per heavy atom. The molecule has 0 unspecified atom stereocenters. The van der Waals surface area contributed by atoms with E-state index < -0.39 is 0 Å². The van der Waals surface area contributed by atoms with Gasteiger partial charge < -0.3 is 9.47 Å². The minimum absolute atomic E-state index is 0.845. The lowest BCUT2D eigenvalue weighted by molar-refractivity contribution is 0.0789. The predicted octanol–water partition coefficient (Wildman–Crippen LogP) is 0.923. The minimum atomic E-state index is 0.845. The summed E-state index contributed by atoms with van der Waals surface area (Å²) in [6.45, 7) is 12.5. The van der Waals surface area contributed by atoms with E-state index in [2.05, 4.69) is 9.80 Å². The third-order valence-corrected chi connectivity index (χ3v) is 2.69. The monoisotopic (exact) mass is 232 g/mol. The summed E-state index contributed by atoms with van der Waals surface area (Å²) < 4.78 is 10.1. The molecule has 1 saturated heterocycles. The topological polar surface area (TPSA) is 24.9 Å². The van der Waals surface area contributed by atoms with Crippen LogP contribution in [0.1, 0.15) is 13.8 Å². The summed E-state index contributed by atoms with van der Waals surface area (Å²) in [5.41, 5.74) is 0. The molecule has 0 N–H and O–H groups in total. The molecular weight excluding hydrogens is 204 g/mol. The van der Waals surface area contributed by atoms with Crippen molar-refractivity contribution in [3.8, 4) is 0 Å². The number of piperazine rings is 1. The molecule has 0 aromatic carbocycles. The second kappa shape index (κ2) is 11.3.